The van der Waals surface area contributed by atoms with Crippen LogP contribution in [0.3, 0.4) is 0 Å². The Morgan fingerprint density at radius 1 is 0.344 bits per heavy atom. The third kappa shape index (κ3) is 16.5. The third-order valence-electron chi connectivity index (χ3n) is 16.3. The van der Waals surface area contributed by atoms with Crippen molar-refractivity contribution in [2.24, 2.45) is 0 Å². The first-order valence-corrected chi connectivity index (χ1v) is 35.8. The van der Waals surface area contributed by atoms with Gasteiger partial charge in [-0.25, -0.2) is 16.8 Å². The van der Waals surface area contributed by atoms with Gasteiger partial charge >= 0.3 is 0 Å². The van der Waals surface area contributed by atoms with E-state index < -0.39 is 45.8 Å². The van der Waals surface area contributed by atoms with Gasteiger partial charge in [0.1, 0.15) is 0 Å². The fourth-order valence-corrected chi connectivity index (χ4v) is 13.6. The predicted octanol–water partition coefficient (Wildman–Crippen LogP) is 17.0. The highest BCUT2D eigenvalue weighted by Gasteiger charge is 2.29. The molecule has 0 heterocycles. The van der Waals surface area contributed by atoms with Crippen molar-refractivity contribution in [3.05, 3.63) is 282 Å². The molecule has 0 spiro atoms. The molecular weight excluding hydrogens is 1210 g/mol. The molecule has 10 aromatic carbocycles. The topological polar surface area (TPSA) is 216 Å². The number of aryl methyl sites for hydroxylation is 2. The van der Waals surface area contributed by atoms with Crippen molar-refractivity contribution in [2.45, 2.75) is 83.3 Å². The molecule has 0 radical (unpaired) electrons. The van der Waals surface area contributed by atoms with Crippen LogP contribution in [0, 0.1) is 13.8 Å². The minimum atomic E-state index is -4.56. The zero-order valence-corrected chi connectivity index (χ0v) is 53.5. The van der Waals surface area contributed by atoms with E-state index in [9.17, 15) is 42.8 Å². The van der Waals surface area contributed by atoms with Crippen LogP contribution in [0.4, 0.5) is 51.2 Å². The lowest BCUT2D eigenvalue weighted by Crippen LogP contribution is -2.15. The Morgan fingerprint density at radius 2 is 0.644 bits per heavy atom. The van der Waals surface area contributed by atoms with Crippen LogP contribution in [-0.2, 0) is 39.9 Å². The van der Waals surface area contributed by atoms with Crippen molar-refractivity contribution in [2.75, 3.05) is 33.4 Å². The number of hydrogen-bond donors (Lipinski definition) is 5. The van der Waals surface area contributed by atoms with Crippen LogP contribution in [0.1, 0.15) is 88.8 Å². The van der Waals surface area contributed by atoms with Crippen LogP contribution in [0.5, 0.6) is 0 Å². The molecule has 0 aliphatic carbocycles. The SMILES string of the molecule is Cc1ccc(Nc2ccc(Nc3cccc(Nc4ccc(C(CC(C)c5ccc(S(C)(=O)=O)cc5)CC(CC(c5ccc(N(c6ccc(C)cc6)c6ccc(S(C)(=O)=O)cc6)cc5)c5ccc(S(=O)(=O)O)cc5)c5ccc(S(=O)(=O)O)cc5)cc4)c3)cc2)cc1. The number of nitrogens with zero attached hydrogens (tertiary/aromatic N) is 1. The van der Waals surface area contributed by atoms with Crippen LogP contribution in [0.25, 0.3) is 0 Å². The highest BCUT2D eigenvalue weighted by molar-refractivity contribution is 7.91. The zero-order valence-electron chi connectivity index (χ0n) is 50.3. The molecule has 0 aliphatic heterocycles. The lowest BCUT2D eigenvalue weighted by Gasteiger charge is -2.31. The first-order valence-electron chi connectivity index (χ1n) is 29.2. The van der Waals surface area contributed by atoms with Gasteiger partial charge in [0.2, 0.25) is 0 Å². The van der Waals surface area contributed by atoms with Crippen molar-refractivity contribution < 1.29 is 42.8 Å². The summed E-state index contributed by atoms with van der Waals surface area (Å²) >= 11 is 0. The maximum atomic E-state index is 12.6. The molecule has 10 aromatic rings. The van der Waals surface area contributed by atoms with Crippen LogP contribution in [-0.4, -0.2) is 55.3 Å². The summed E-state index contributed by atoms with van der Waals surface area (Å²) in [7, 11) is -16.1. The quantitative estimate of drug-likeness (QED) is 0.0356. The van der Waals surface area contributed by atoms with Crippen molar-refractivity contribution in [3.8, 4) is 0 Å². The van der Waals surface area contributed by atoms with Gasteiger partial charge in [0.05, 0.1) is 19.6 Å². The van der Waals surface area contributed by atoms with Gasteiger partial charge < -0.3 is 20.9 Å². The van der Waals surface area contributed by atoms with Crippen LogP contribution in [0.2, 0.25) is 0 Å². The summed E-state index contributed by atoms with van der Waals surface area (Å²) in [5.41, 5.74) is 14.3. The smallest absolute Gasteiger partial charge is 0.294 e. The highest BCUT2D eigenvalue weighted by Crippen LogP contribution is 2.45. The highest BCUT2D eigenvalue weighted by atomic mass is 32.2. The average Bonchev–Trinajstić information content (AvgIpc) is 0.867. The van der Waals surface area contributed by atoms with Crippen LogP contribution < -0.4 is 20.9 Å². The summed E-state index contributed by atoms with van der Waals surface area (Å²) in [5.74, 6) is -1.05. The minimum absolute atomic E-state index is 0.0877. The number of benzene rings is 10. The molecule has 0 amide bonds. The minimum Gasteiger partial charge on any atom is -0.356 e. The Labute approximate surface area is 528 Å². The second kappa shape index (κ2) is 27.1. The van der Waals surface area contributed by atoms with Gasteiger partial charge in [-0.3, -0.25) is 9.11 Å². The molecule has 0 aromatic heterocycles. The van der Waals surface area contributed by atoms with Gasteiger partial charge in [0.15, 0.2) is 19.7 Å². The molecule has 90 heavy (non-hydrogen) atoms. The van der Waals surface area contributed by atoms with Crippen molar-refractivity contribution in [3.63, 3.8) is 0 Å². The number of nitrogens with one attached hydrogen (secondary N) is 3. The molecule has 0 aliphatic rings. The molecule has 0 saturated carbocycles. The van der Waals surface area contributed by atoms with E-state index in [1.807, 2.05) is 145 Å². The molecule has 0 fully saturated rings. The maximum Gasteiger partial charge on any atom is 0.294 e. The fourth-order valence-electron chi connectivity index (χ4n) is 11.3. The standard InChI is InChI=1S/C72H70N4O10S4/c1-49-9-23-59(24-10-49)73-61-27-29-62(30-28-61)75-64-8-6-7-63(48-64)74-60-25-13-53(14-26-60)57(45-51(3)52-17-37-68(38-18-52)87(4,77)78)46-58(54-19-39-70(40-20-54)89(81,82)83)47-72(56-21-41-71(42-22-56)90(84,85)86)55-15-33-66(34-16-55)76(65-31-11-50(2)12-32-65)67-35-43-69(44-36-67)88(5,79)80/h6-44,48,51,57-58,72-75H,45-47H2,1-5H3,(H,81,82,83)(H,84,85,86). The fraction of sp³-hybridized carbons (Fsp3) is 0.167. The number of rotatable bonds is 24. The Morgan fingerprint density at radius 3 is 1.07 bits per heavy atom. The van der Waals surface area contributed by atoms with Crippen molar-refractivity contribution in [1.29, 1.82) is 0 Å². The lowest BCUT2D eigenvalue weighted by molar-refractivity contribution is 0.446. The van der Waals surface area contributed by atoms with E-state index in [2.05, 4.69) is 54.1 Å². The van der Waals surface area contributed by atoms with E-state index in [4.69, 9.17) is 0 Å². The Bertz CT molecular complexity index is 4580. The maximum absolute atomic E-state index is 12.6. The molecular formula is C72H70N4O10S4. The predicted molar refractivity (Wildman–Crippen MR) is 361 cm³/mol. The summed E-state index contributed by atoms with van der Waals surface area (Å²) in [5, 5.41) is 10.5. The molecule has 0 bridgehead atoms. The molecule has 10 rings (SSSR count). The molecule has 4 unspecified atom stereocenters. The Kier molecular flexibility index (Phi) is 19.3. The summed E-state index contributed by atoms with van der Waals surface area (Å²) < 4.78 is 120. The summed E-state index contributed by atoms with van der Waals surface area (Å²) in [6, 6.07) is 74.4. The van der Waals surface area contributed by atoms with Gasteiger partial charge in [0.25, 0.3) is 20.2 Å². The summed E-state index contributed by atoms with van der Waals surface area (Å²) in [6.45, 7) is 6.16. The number of sulfone groups is 2. The molecule has 5 N–H and O–H groups in total. The molecule has 0 saturated heterocycles. The van der Waals surface area contributed by atoms with E-state index in [0.29, 0.717) is 24.9 Å². The lowest BCUT2D eigenvalue weighted by atomic mass is 9.74. The molecule has 18 heteroatoms. The largest absolute Gasteiger partial charge is 0.356 e. The zero-order chi connectivity index (χ0) is 64.0. The van der Waals surface area contributed by atoms with E-state index in [1.54, 1.807) is 60.7 Å². The molecule has 462 valence electrons. The van der Waals surface area contributed by atoms with Crippen LogP contribution >= 0.6 is 0 Å². The van der Waals surface area contributed by atoms with Gasteiger partial charge in [-0.15, -0.1) is 0 Å². The first-order chi connectivity index (χ1) is 42.8. The molecule has 4 atom stereocenters. The van der Waals surface area contributed by atoms with E-state index >= 15 is 0 Å². The first kappa shape index (κ1) is 64.1. The number of hydrogen-bond acceptors (Lipinski definition) is 12. The van der Waals surface area contributed by atoms with Gasteiger partial charge in [-0.2, -0.15) is 16.8 Å². The van der Waals surface area contributed by atoms with Crippen LogP contribution in [0.15, 0.2) is 262 Å². The van der Waals surface area contributed by atoms with Crippen molar-refractivity contribution >= 4 is 91.1 Å². The van der Waals surface area contributed by atoms with Gasteiger partial charge in [-0.1, -0.05) is 109 Å². The average molecular weight is 1280 g/mol. The Balaban J connectivity index is 0.999. The van der Waals surface area contributed by atoms with E-state index in [0.717, 1.165) is 85.1 Å². The van der Waals surface area contributed by atoms with E-state index in [1.165, 1.54) is 36.1 Å². The summed E-state index contributed by atoms with van der Waals surface area (Å²) in [4.78, 5) is 1.87. The molecule has 14 nitrogen and oxygen atoms in total. The van der Waals surface area contributed by atoms with E-state index in [-0.39, 0.29) is 37.3 Å². The van der Waals surface area contributed by atoms with Gasteiger partial charge in [0, 0.05) is 69.6 Å². The second-order valence-electron chi connectivity index (χ2n) is 23.0. The van der Waals surface area contributed by atoms with Gasteiger partial charge in [-0.05, 0) is 230 Å². The normalized spacial score (nSPS) is 13.4. The number of anilines is 9. The Hall–Kier alpha value is -8.88. The van der Waals surface area contributed by atoms with Crippen molar-refractivity contribution in [1.82, 2.24) is 0 Å². The monoisotopic (exact) mass is 1280 g/mol. The summed E-state index contributed by atoms with van der Waals surface area (Å²) in [6.07, 6.45) is 3.84. The third-order valence-corrected chi connectivity index (χ3v) is 20.2. The second-order valence-corrected chi connectivity index (χ2v) is 29.9.